The largest absolute Gasteiger partial charge is 0.344 e. The van der Waals surface area contributed by atoms with Gasteiger partial charge in [0.05, 0.1) is 0 Å². The zero-order valence-electron chi connectivity index (χ0n) is 3.31. The summed E-state index contributed by atoms with van der Waals surface area (Å²) in [6.45, 7) is 0. The van der Waals surface area contributed by atoms with Crippen LogP contribution in [0.2, 0.25) is 0 Å². The van der Waals surface area contributed by atoms with Crippen molar-refractivity contribution >= 4 is 27.0 Å². The Hall–Kier alpha value is 0.540. The summed E-state index contributed by atoms with van der Waals surface area (Å²) in [5, 5.41) is 12.0. The molecule has 0 spiro atoms. The molecule has 0 saturated carbocycles. The maximum absolute atomic E-state index is 6.00. The summed E-state index contributed by atoms with van der Waals surface area (Å²) in [5.74, 6) is 0. The summed E-state index contributed by atoms with van der Waals surface area (Å²) in [6, 6.07) is 0. The second kappa shape index (κ2) is 392. The van der Waals surface area contributed by atoms with E-state index < -0.39 is 0 Å². The first-order valence-corrected chi connectivity index (χ1v) is 0.200. The van der Waals surface area contributed by atoms with Gasteiger partial charge in [-0.25, -0.2) is 0 Å². The molecule has 0 rings (SSSR count). The first kappa shape index (κ1) is 84.6. The molecule has 6 heavy (non-hydrogen) atoms. The van der Waals surface area contributed by atoms with E-state index in [9.17, 15) is 0 Å². The Morgan fingerprint density at radius 1 is 0.667 bits per heavy atom. The molecule has 0 radical (unpaired) electrons. The van der Waals surface area contributed by atoms with Gasteiger partial charge < -0.3 is 12.3 Å². The molecule has 0 fully saturated rings. The monoisotopic (exact) mass is 136 g/mol. The Labute approximate surface area is 50.5 Å². The van der Waals surface area contributed by atoms with Crippen LogP contribution >= 0.6 is 27.0 Å². The molecule has 46 valence electrons. The standard InChI is InChI=1S/2H3N.H2O2.2H2S/c;;1-2;;/h2*1H3;1-2H;2*1H2. The third kappa shape index (κ3) is 195. The number of rotatable bonds is 0. The van der Waals surface area contributed by atoms with Gasteiger partial charge in [0.25, 0.3) is 0 Å². The van der Waals surface area contributed by atoms with E-state index in [0.29, 0.717) is 0 Å². The van der Waals surface area contributed by atoms with Crippen molar-refractivity contribution in [1.29, 1.82) is 0 Å². The predicted molar refractivity (Wildman–Crippen MR) is 36.1 cm³/mol. The zero-order chi connectivity index (χ0) is 2.00. The van der Waals surface area contributed by atoms with Crippen LogP contribution in [-0.2, 0) is 0 Å². The fourth-order valence-electron chi connectivity index (χ4n) is 0. The van der Waals surface area contributed by atoms with E-state index in [1.165, 1.54) is 0 Å². The summed E-state index contributed by atoms with van der Waals surface area (Å²) in [5.41, 5.74) is 0. The van der Waals surface area contributed by atoms with Crippen LogP contribution < -0.4 is 12.3 Å². The molecule has 0 aromatic carbocycles. The predicted octanol–water partition coefficient (Wildman–Crippen LogP) is 0.567. The van der Waals surface area contributed by atoms with Crippen molar-refractivity contribution in [3.05, 3.63) is 0 Å². The molecule has 0 saturated heterocycles. The van der Waals surface area contributed by atoms with Crippen LogP contribution in [0.1, 0.15) is 0 Å². The Morgan fingerprint density at radius 2 is 0.667 bits per heavy atom. The van der Waals surface area contributed by atoms with Gasteiger partial charge in [-0.3, -0.25) is 10.5 Å². The van der Waals surface area contributed by atoms with Gasteiger partial charge in [-0.2, -0.15) is 27.0 Å². The van der Waals surface area contributed by atoms with Crippen molar-refractivity contribution in [2.75, 3.05) is 0 Å². The lowest BCUT2D eigenvalue weighted by atomic mass is 14.0. The topological polar surface area (TPSA) is 110 Å². The SMILES string of the molecule is N.N.OO.S.S. The Balaban J connectivity index is -0.000000000833. The molecule has 0 aliphatic carbocycles. The van der Waals surface area contributed by atoms with Gasteiger partial charge in [-0.1, -0.05) is 0 Å². The van der Waals surface area contributed by atoms with Crippen LogP contribution in [0, 0.1) is 0 Å². The molecule has 0 aromatic rings. The minimum Gasteiger partial charge on any atom is -0.344 e. The van der Waals surface area contributed by atoms with Crippen LogP contribution in [0.25, 0.3) is 0 Å². The highest BCUT2D eigenvalue weighted by molar-refractivity contribution is 7.59. The molecule has 6 heteroatoms. The number of hydrogen-bond donors (Lipinski definition) is 4. The van der Waals surface area contributed by atoms with E-state index in [-0.39, 0.29) is 39.3 Å². The molecular weight excluding hydrogens is 124 g/mol. The quantitative estimate of drug-likeness (QED) is 0.288. The zero-order valence-corrected chi connectivity index (χ0v) is 5.31. The average Bonchev–Trinajstić information content (AvgIpc) is 1.00. The van der Waals surface area contributed by atoms with Crippen LogP contribution in [0.3, 0.4) is 0 Å². The lowest BCUT2D eigenvalue weighted by molar-refractivity contribution is -0.176. The Bertz CT molecular complexity index is 9.51. The summed E-state index contributed by atoms with van der Waals surface area (Å²) >= 11 is 0. The lowest BCUT2D eigenvalue weighted by Crippen LogP contribution is -1.29. The van der Waals surface area contributed by atoms with Crippen molar-refractivity contribution in [1.82, 2.24) is 12.3 Å². The molecule has 0 atom stereocenters. The normalized spacial score (nSPS) is 1.00. The molecule has 0 amide bonds. The van der Waals surface area contributed by atoms with Gasteiger partial charge in [0.1, 0.15) is 0 Å². The minimum absolute atomic E-state index is 0. The molecule has 0 aliphatic heterocycles. The van der Waals surface area contributed by atoms with E-state index in [4.69, 9.17) is 10.5 Å². The minimum atomic E-state index is 0. The van der Waals surface area contributed by atoms with Crippen LogP contribution in [0.4, 0.5) is 0 Å². The lowest BCUT2D eigenvalue weighted by Gasteiger charge is -1.25. The van der Waals surface area contributed by atoms with E-state index >= 15 is 0 Å². The maximum Gasteiger partial charge on any atom is -0.197 e. The second-order valence-electron chi connectivity index (χ2n) is 0. The third-order valence-corrected chi connectivity index (χ3v) is 0. The van der Waals surface area contributed by atoms with Crippen molar-refractivity contribution in [2.24, 2.45) is 0 Å². The van der Waals surface area contributed by atoms with Gasteiger partial charge in [-0.15, -0.1) is 0 Å². The third-order valence-electron chi connectivity index (χ3n) is 0. The average molecular weight is 136 g/mol. The van der Waals surface area contributed by atoms with Crippen molar-refractivity contribution in [3.63, 3.8) is 0 Å². The van der Waals surface area contributed by atoms with Crippen LogP contribution in [0.5, 0.6) is 0 Å². The second-order valence-corrected chi connectivity index (χ2v) is 0. The van der Waals surface area contributed by atoms with Crippen molar-refractivity contribution in [3.8, 4) is 0 Å². The van der Waals surface area contributed by atoms with Gasteiger partial charge in [-0.05, 0) is 0 Å². The maximum atomic E-state index is 6.00. The van der Waals surface area contributed by atoms with Crippen LogP contribution in [0.15, 0.2) is 0 Å². The Kier molecular flexibility index (Phi) is 5520. The summed E-state index contributed by atoms with van der Waals surface area (Å²) < 4.78 is 0. The summed E-state index contributed by atoms with van der Waals surface area (Å²) in [7, 11) is 0. The first-order chi connectivity index (χ1) is 1.00. The van der Waals surface area contributed by atoms with E-state index in [1.807, 2.05) is 0 Å². The van der Waals surface area contributed by atoms with E-state index in [1.54, 1.807) is 0 Å². The van der Waals surface area contributed by atoms with Gasteiger partial charge in [0.15, 0.2) is 0 Å². The van der Waals surface area contributed by atoms with Gasteiger partial charge >= 0.3 is 0 Å². The molecule has 0 bridgehead atoms. The highest BCUT2D eigenvalue weighted by Crippen LogP contribution is 0.711. The van der Waals surface area contributed by atoms with Crippen LogP contribution in [-0.4, -0.2) is 10.5 Å². The number of hydrogen-bond acceptors (Lipinski definition) is 4. The van der Waals surface area contributed by atoms with E-state index in [2.05, 4.69) is 0 Å². The fourth-order valence-corrected chi connectivity index (χ4v) is 0. The first-order valence-electron chi connectivity index (χ1n) is 0.200. The van der Waals surface area contributed by atoms with Crippen molar-refractivity contribution in [2.45, 2.75) is 0 Å². The molecule has 8 N–H and O–H groups in total. The highest BCUT2D eigenvalue weighted by atomic mass is 32.1. The molecule has 0 aromatic heterocycles. The molecule has 0 unspecified atom stereocenters. The summed E-state index contributed by atoms with van der Waals surface area (Å²) in [4.78, 5) is 0. The molecule has 0 heterocycles. The Morgan fingerprint density at radius 3 is 0.667 bits per heavy atom. The van der Waals surface area contributed by atoms with Gasteiger partial charge in [0, 0.05) is 0 Å². The molecular formula is H12N2O2S2. The highest BCUT2D eigenvalue weighted by Gasteiger charge is 0.745. The molecule has 0 aliphatic rings. The smallest absolute Gasteiger partial charge is 0.197 e. The molecule has 4 nitrogen and oxygen atoms in total. The fraction of sp³-hybridized carbons (Fsp3) is 0. The summed E-state index contributed by atoms with van der Waals surface area (Å²) in [6.07, 6.45) is 0. The van der Waals surface area contributed by atoms with Gasteiger partial charge in [0.2, 0.25) is 0 Å². The van der Waals surface area contributed by atoms with Crippen molar-refractivity contribution < 1.29 is 10.5 Å². The van der Waals surface area contributed by atoms with E-state index in [0.717, 1.165) is 0 Å².